The lowest BCUT2D eigenvalue weighted by molar-refractivity contribution is 0.176. The summed E-state index contributed by atoms with van der Waals surface area (Å²) in [5.74, 6) is 1.64. The Balaban J connectivity index is 0.00000324. The Labute approximate surface area is 206 Å². The molecule has 1 fully saturated rings. The fourth-order valence-electron chi connectivity index (χ4n) is 4.71. The maximum absolute atomic E-state index is 11.5. The third-order valence-corrected chi connectivity index (χ3v) is 6.21. The van der Waals surface area contributed by atoms with Crippen molar-refractivity contribution in [1.29, 1.82) is 0 Å². The molecule has 1 amide bonds. The van der Waals surface area contributed by atoms with Gasteiger partial charge >= 0.3 is 6.09 Å². The summed E-state index contributed by atoms with van der Waals surface area (Å²) < 4.78 is 0. The van der Waals surface area contributed by atoms with Gasteiger partial charge in [0.25, 0.3) is 0 Å². The number of aromatic nitrogens is 2. The summed E-state index contributed by atoms with van der Waals surface area (Å²) in [5, 5.41) is 23.5. The van der Waals surface area contributed by atoms with E-state index in [2.05, 4.69) is 37.1 Å². The summed E-state index contributed by atoms with van der Waals surface area (Å²) in [6, 6.07) is 13.1. The highest BCUT2D eigenvalue weighted by Crippen LogP contribution is 2.36. The number of hydrogen-bond donors (Lipinski definition) is 3. The molecule has 0 aliphatic carbocycles. The number of carbonyl (C=O) groups is 1. The van der Waals surface area contributed by atoms with E-state index in [-0.39, 0.29) is 35.5 Å². The van der Waals surface area contributed by atoms with Crippen LogP contribution in [-0.2, 0) is 0 Å². The van der Waals surface area contributed by atoms with Gasteiger partial charge in [0.1, 0.15) is 11.6 Å². The number of fused-ring (bicyclic) bond motifs is 1. The molecule has 1 saturated heterocycles. The van der Waals surface area contributed by atoms with E-state index in [1.807, 2.05) is 31.2 Å². The molecule has 182 valence electrons. The van der Waals surface area contributed by atoms with Gasteiger partial charge in [-0.15, -0.1) is 12.4 Å². The lowest BCUT2D eigenvalue weighted by Gasteiger charge is -2.30. The lowest BCUT2D eigenvalue weighted by atomic mass is 9.82. The molecule has 1 aliphatic heterocycles. The Kier molecular flexibility index (Phi) is 7.56. The Morgan fingerprint density at radius 1 is 1.21 bits per heavy atom. The lowest BCUT2D eigenvalue weighted by Crippen LogP contribution is -2.43. The Morgan fingerprint density at radius 3 is 2.62 bits per heavy atom. The minimum atomic E-state index is -0.979. The second-order valence-corrected chi connectivity index (χ2v) is 10.2. The monoisotopic (exact) mass is 484 g/mol. The van der Waals surface area contributed by atoms with Gasteiger partial charge < -0.3 is 20.4 Å². The van der Waals surface area contributed by atoms with Crippen molar-refractivity contribution in [1.82, 2.24) is 15.3 Å². The van der Waals surface area contributed by atoms with Gasteiger partial charge in [-0.1, -0.05) is 39.0 Å². The molecule has 8 heteroatoms. The number of rotatable bonds is 5. The van der Waals surface area contributed by atoms with Gasteiger partial charge in [-0.3, -0.25) is 0 Å². The first-order chi connectivity index (χ1) is 15.6. The van der Waals surface area contributed by atoms with Gasteiger partial charge in [0.2, 0.25) is 0 Å². The maximum Gasteiger partial charge on any atom is 0.404 e. The minimum absolute atomic E-state index is 0. The summed E-state index contributed by atoms with van der Waals surface area (Å²) in [7, 11) is 0. The van der Waals surface area contributed by atoms with E-state index < -0.39 is 6.09 Å². The zero-order chi connectivity index (χ0) is 23.8. The Morgan fingerprint density at radius 2 is 1.94 bits per heavy atom. The number of phenolic OH excluding ortho intramolecular Hbond substituents is 1. The highest BCUT2D eigenvalue weighted by Gasteiger charge is 2.34. The molecule has 0 saturated carbocycles. The highest BCUT2D eigenvalue weighted by molar-refractivity contribution is 5.92. The predicted molar refractivity (Wildman–Crippen MR) is 138 cm³/mol. The smallest absolute Gasteiger partial charge is 0.404 e. The molecule has 34 heavy (non-hydrogen) atoms. The fraction of sp³-hybridized carbons (Fsp3) is 0.423. The number of halogens is 1. The van der Waals surface area contributed by atoms with Crippen molar-refractivity contribution in [2.75, 3.05) is 18.0 Å². The number of anilines is 1. The maximum atomic E-state index is 11.5. The van der Waals surface area contributed by atoms with Crippen LogP contribution >= 0.6 is 12.4 Å². The SMILES string of the molecule is Cc1ccc2c(N3CCC(C(CC(C)(C)C)NC(=O)O)C3)nc(-c3ccccc3O)nc2c1.Cl. The number of aromatic hydroxyl groups is 1. The zero-order valence-electron chi connectivity index (χ0n) is 20.1. The number of nitrogens with zero attached hydrogens (tertiary/aromatic N) is 3. The second-order valence-electron chi connectivity index (χ2n) is 10.2. The first-order valence-electron chi connectivity index (χ1n) is 11.4. The molecule has 7 nitrogen and oxygen atoms in total. The summed E-state index contributed by atoms with van der Waals surface area (Å²) in [6.45, 7) is 9.93. The number of nitrogens with one attached hydrogen (secondary N) is 1. The third kappa shape index (κ3) is 5.70. The number of amides is 1. The van der Waals surface area contributed by atoms with Crippen LogP contribution in [0.25, 0.3) is 22.3 Å². The van der Waals surface area contributed by atoms with E-state index in [0.29, 0.717) is 17.9 Å². The Hall–Kier alpha value is -3.06. The molecular formula is C26H33ClN4O3. The van der Waals surface area contributed by atoms with E-state index in [1.165, 1.54) is 0 Å². The summed E-state index contributed by atoms with van der Waals surface area (Å²) in [5.41, 5.74) is 2.54. The topological polar surface area (TPSA) is 98.6 Å². The van der Waals surface area contributed by atoms with Crippen molar-refractivity contribution in [3.8, 4) is 17.1 Å². The van der Waals surface area contributed by atoms with Crippen molar-refractivity contribution in [3.05, 3.63) is 48.0 Å². The predicted octanol–water partition coefficient (Wildman–Crippen LogP) is 5.63. The van der Waals surface area contributed by atoms with Crippen LogP contribution in [0.5, 0.6) is 5.75 Å². The van der Waals surface area contributed by atoms with E-state index in [4.69, 9.17) is 9.97 Å². The minimum Gasteiger partial charge on any atom is -0.507 e. The summed E-state index contributed by atoms with van der Waals surface area (Å²) in [6.07, 6.45) is 0.669. The Bertz CT molecular complexity index is 1180. The third-order valence-electron chi connectivity index (χ3n) is 6.21. The fourth-order valence-corrected chi connectivity index (χ4v) is 4.71. The van der Waals surface area contributed by atoms with Gasteiger partial charge in [0, 0.05) is 24.5 Å². The van der Waals surface area contributed by atoms with Gasteiger partial charge in [-0.25, -0.2) is 14.8 Å². The van der Waals surface area contributed by atoms with E-state index in [0.717, 1.165) is 41.7 Å². The molecule has 2 heterocycles. The molecule has 0 spiro atoms. The number of hydrogen-bond acceptors (Lipinski definition) is 5. The van der Waals surface area contributed by atoms with E-state index in [9.17, 15) is 15.0 Å². The van der Waals surface area contributed by atoms with Crippen LogP contribution in [0.1, 0.15) is 39.2 Å². The van der Waals surface area contributed by atoms with Crippen molar-refractivity contribution in [3.63, 3.8) is 0 Å². The van der Waals surface area contributed by atoms with Gasteiger partial charge in [-0.2, -0.15) is 0 Å². The van der Waals surface area contributed by atoms with Crippen LogP contribution in [0, 0.1) is 18.3 Å². The average molecular weight is 485 g/mol. The quantitative estimate of drug-likeness (QED) is 0.434. The van der Waals surface area contributed by atoms with Crippen LogP contribution in [0.4, 0.5) is 10.6 Å². The van der Waals surface area contributed by atoms with Crippen LogP contribution in [-0.4, -0.2) is 45.4 Å². The summed E-state index contributed by atoms with van der Waals surface area (Å²) >= 11 is 0. The second kappa shape index (κ2) is 10.1. The van der Waals surface area contributed by atoms with Crippen molar-refractivity contribution >= 4 is 35.2 Å². The normalized spacial score (nSPS) is 16.8. The van der Waals surface area contributed by atoms with Gasteiger partial charge in [0.05, 0.1) is 11.1 Å². The number of benzene rings is 2. The molecule has 2 aromatic carbocycles. The summed E-state index contributed by atoms with van der Waals surface area (Å²) in [4.78, 5) is 23.3. The zero-order valence-corrected chi connectivity index (χ0v) is 20.9. The number of aryl methyl sites for hydroxylation is 1. The largest absolute Gasteiger partial charge is 0.507 e. The molecule has 2 atom stereocenters. The van der Waals surface area contributed by atoms with Crippen LogP contribution in [0.2, 0.25) is 0 Å². The highest BCUT2D eigenvalue weighted by atomic mass is 35.5. The standard InChI is InChI=1S/C26H32N4O3.ClH/c1-16-9-10-18-20(13-16)27-23(19-7-5-6-8-22(19)31)29-24(18)30-12-11-17(15-30)21(28-25(32)33)14-26(2,3)4;/h5-10,13,17,21,28,31H,11-12,14-15H2,1-4H3,(H,32,33);1H. The van der Waals surface area contributed by atoms with Gasteiger partial charge in [-0.05, 0) is 60.9 Å². The van der Waals surface area contributed by atoms with E-state index >= 15 is 0 Å². The molecular weight excluding hydrogens is 452 g/mol. The molecule has 4 rings (SSSR count). The molecule has 0 bridgehead atoms. The number of para-hydroxylation sites is 1. The van der Waals surface area contributed by atoms with Gasteiger partial charge in [0.15, 0.2) is 5.82 Å². The van der Waals surface area contributed by atoms with Crippen molar-refractivity contribution in [2.45, 2.75) is 46.6 Å². The van der Waals surface area contributed by atoms with Crippen LogP contribution < -0.4 is 10.2 Å². The first kappa shape index (κ1) is 25.6. The van der Waals surface area contributed by atoms with E-state index in [1.54, 1.807) is 12.1 Å². The average Bonchev–Trinajstić information content (AvgIpc) is 3.21. The molecule has 1 aromatic heterocycles. The van der Waals surface area contributed by atoms with Crippen LogP contribution in [0.15, 0.2) is 42.5 Å². The van der Waals surface area contributed by atoms with Crippen molar-refractivity contribution < 1.29 is 15.0 Å². The van der Waals surface area contributed by atoms with Crippen LogP contribution in [0.3, 0.4) is 0 Å². The number of phenols is 1. The molecule has 3 aromatic rings. The first-order valence-corrected chi connectivity index (χ1v) is 11.4. The van der Waals surface area contributed by atoms with Crippen molar-refractivity contribution in [2.24, 2.45) is 11.3 Å². The molecule has 1 aliphatic rings. The molecule has 0 radical (unpaired) electrons. The molecule has 2 unspecified atom stereocenters. The molecule has 3 N–H and O–H groups in total. The number of carboxylic acid groups (broad SMARTS) is 1.